The number of aromatic nitrogens is 6. The van der Waals surface area contributed by atoms with Crippen molar-refractivity contribution in [2.45, 2.75) is 0 Å². The summed E-state index contributed by atoms with van der Waals surface area (Å²) < 4.78 is 9.38. The van der Waals surface area contributed by atoms with E-state index in [1.807, 2.05) is 22.7 Å². The van der Waals surface area contributed by atoms with Gasteiger partial charge in [0.2, 0.25) is 0 Å². The van der Waals surface area contributed by atoms with E-state index >= 15 is 0 Å². The van der Waals surface area contributed by atoms with Gasteiger partial charge in [0.05, 0.1) is 38.4 Å². The first-order valence-electron chi connectivity index (χ1n) is 46.1. The summed E-state index contributed by atoms with van der Waals surface area (Å²) in [5, 5.41) is 25.1. The second-order valence-corrected chi connectivity index (χ2v) is 52.0. The molecule has 0 spiro atoms. The van der Waals surface area contributed by atoms with Crippen molar-refractivity contribution in [2.75, 3.05) is 9.80 Å². The van der Waals surface area contributed by atoms with Crippen molar-refractivity contribution in [3.8, 4) is 22.8 Å². The first kappa shape index (κ1) is 87.5. The molecule has 6 aromatic heterocycles. The van der Waals surface area contributed by atoms with E-state index in [1.54, 1.807) is 0 Å². The Labute approximate surface area is 841 Å². The van der Waals surface area contributed by atoms with Crippen molar-refractivity contribution in [3.05, 3.63) is 498 Å². The Kier molecular flexibility index (Phi) is 22.9. The number of fused-ring (bicyclic) bond motifs is 14. The number of pyridine rings is 2. The number of hydrogen-bond donors (Lipinski definition) is 0. The maximum atomic E-state index is 5.65. The number of thiophene rings is 2. The van der Waals surface area contributed by atoms with Gasteiger partial charge < -0.3 is 18.9 Å². The number of imidazole rings is 2. The van der Waals surface area contributed by atoms with Crippen LogP contribution < -0.4 is 92.8 Å². The van der Waals surface area contributed by atoms with Crippen LogP contribution in [0.1, 0.15) is 0 Å². The average Bonchev–Trinajstić information content (AvgIpc) is 1.42. The molecule has 0 aliphatic carbocycles. The van der Waals surface area contributed by atoms with Crippen molar-refractivity contribution in [2.24, 2.45) is 14.1 Å². The molecule has 660 valence electrons. The zero-order valence-corrected chi connectivity index (χ0v) is 83.8. The van der Waals surface area contributed by atoms with Crippen LogP contribution in [-0.2, 0) is 54.9 Å². The third kappa shape index (κ3) is 13.8. The van der Waals surface area contributed by atoms with Crippen LogP contribution in [-0.4, -0.2) is 61.4 Å². The minimum Gasteiger partial charge on any atom is -0.367 e. The number of anilines is 6. The van der Waals surface area contributed by atoms with Crippen molar-refractivity contribution in [1.82, 2.24) is 29.1 Å². The van der Waals surface area contributed by atoms with E-state index in [1.165, 1.54) is 103 Å². The minimum absolute atomic E-state index is 0. The summed E-state index contributed by atoms with van der Waals surface area (Å²) >= 11 is 3.73. The Balaban J connectivity index is 0.000000152. The molecule has 0 atom stereocenters. The topological polar surface area (TPSA) is 67.9 Å². The summed E-state index contributed by atoms with van der Waals surface area (Å²) in [7, 11) is -8.30. The Morgan fingerprint density at radius 1 is 0.275 bits per heavy atom. The van der Waals surface area contributed by atoms with Gasteiger partial charge in [0.15, 0.2) is 16.1 Å². The monoisotopic (exact) mass is 2050 g/mol. The second-order valence-electron chi connectivity index (χ2n) is 35.0. The van der Waals surface area contributed by atoms with Crippen LogP contribution in [0.15, 0.2) is 473 Å². The molecule has 8 heterocycles. The molecule has 16 heteroatoms. The van der Waals surface area contributed by atoms with Crippen LogP contribution >= 0.6 is 22.7 Å². The molecule has 0 radical (unpaired) electrons. The minimum atomic E-state index is -3.19. The molecular weight excluding hydrogens is 1970 g/mol. The molecular formula is C122H84N8Pd2S2Si4. The number of para-hydroxylation sites is 6. The molecule has 24 aromatic rings. The summed E-state index contributed by atoms with van der Waals surface area (Å²) in [6, 6.07) is 185. The molecule has 0 amide bonds. The number of benzene rings is 18. The smallest absolute Gasteiger partial charge is 0.367 e. The number of hydrogen-bond acceptors (Lipinski definition) is 8. The molecule has 138 heavy (non-hydrogen) atoms. The molecule has 0 N–H and O–H groups in total. The van der Waals surface area contributed by atoms with Gasteiger partial charge in [0, 0.05) is 83.9 Å². The summed E-state index contributed by atoms with van der Waals surface area (Å²) in [4.78, 5) is 26.5. The zero-order valence-electron chi connectivity index (χ0n) is 75.1. The van der Waals surface area contributed by atoms with Crippen LogP contribution in [0.4, 0.5) is 34.4 Å². The van der Waals surface area contributed by atoms with Gasteiger partial charge in [-0.1, -0.05) is 351 Å². The van der Waals surface area contributed by atoms with E-state index in [2.05, 4.69) is 531 Å². The van der Waals surface area contributed by atoms with E-state index in [4.69, 9.17) is 19.9 Å². The summed E-state index contributed by atoms with van der Waals surface area (Å²) in [6.07, 6.45) is 4.24. The van der Waals surface area contributed by atoms with Gasteiger partial charge in [-0.15, -0.1) is 105 Å². The summed E-state index contributed by atoms with van der Waals surface area (Å²) in [6.45, 7) is 0. The fraction of sp³-hybridized carbons (Fsp3) is 0.0164. The molecule has 26 rings (SSSR count). The summed E-state index contributed by atoms with van der Waals surface area (Å²) in [5.41, 5.74) is 10.2. The number of rotatable bonds is 16. The van der Waals surface area contributed by atoms with E-state index in [0.29, 0.717) is 0 Å². The third-order valence-electron chi connectivity index (χ3n) is 28.0. The molecule has 2 aliphatic heterocycles. The maximum absolute atomic E-state index is 5.65. The van der Waals surface area contributed by atoms with Crippen LogP contribution in [0.2, 0.25) is 0 Å². The van der Waals surface area contributed by atoms with E-state index < -0.39 is 32.3 Å². The number of aryl methyl sites for hydroxylation is 2. The first-order chi connectivity index (χ1) is 67.3. The van der Waals surface area contributed by atoms with E-state index in [9.17, 15) is 0 Å². The Bertz CT molecular complexity index is 8530. The van der Waals surface area contributed by atoms with Crippen molar-refractivity contribution in [3.63, 3.8) is 0 Å². The fourth-order valence-electron chi connectivity index (χ4n) is 22.3. The quantitative estimate of drug-likeness (QED) is 0.0546. The van der Waals surface area contributed by atoms with Gasteiger partial charge in [0.25, 0.3) is 0 Å². The molecule has 0 saturated carbocycles. The van der Waals surface area contributed by atoms with Crippen molar-refractivity contribution < 1.29 is 40.8 Å². The fourth-order valence-corrected chi connectivity index (χ4v) is 44.7. The molecule has 0 bridgehead atoms. The maximum Gasteiger partial charge on any atom is 2.00 e. The largest absolute Gasteiger partial charge is 2.00 e. The van der Waals surface area contributed by atoms with Crippen LogP contribution in [0.5, 0.6) is 0 Å². The van der Waals surface area contributed by atoms with Gasteiger partial charge >= 0.3 is 40.8 Å². The predicted molar refractivity (Wildman–Crippen MR) is 580 cm³/mol. The van der Waals surface area contributed by atoms with E-state index in [-0.39, 0.29) is 40.8 Å². The van der Waals surface area contributed by atoms with Gasteiger partial charge in [0.1, 0.15) is 27.8 Å². The zero-order chi connectivity index (χ0) is 90.5. The van der Waals surface area contributed by atoms with Crippen molar-refractivity contribution >= 4 is 235 Å². The molecule has 18 aromatic carbocycles. The Morgan fingerprint density at radius 2 is 0.609 bits per heavy atom. The van der Waals surface area contributed by atoms with Gasteiger partial charge in [-0.2, -0.15) is 46.8 Å². The van der Waals surface area contributed by atoms with Gasteiger partial charge in [-0.05, 0) is 100 Å². The average molecular weight is 2050 g/mol. The normalized spacial score (nSPS) is 13.0. The van der Waals surface area contributed by atoms with Crippen LogP contribution in [0.3, 0.4) is 0 Å². The Hall–Kier alpha value is -14.6. The van der Waals surface area contributed by atoms with Crippen LogP contribution in [0, 0.1) is 24.3 Å². The summed E-state index contributed by atoms with van der Waals surface area (Å²) in [5.74, 6) is 3.69. The standard InChI is InChI=1S/2C61H42N4SSi2.2Pd/c1-64-54-36-16-15-35-53(54)63-60(64)43-22-20-32-49(40-43)67(45-24-6-2-7-25-45,46-26-8-3-9-27-46)50-33-21-23-44(41-50)65-55-37-17-19-39-57(55)68(47-28-10-4-11-29-47,48-30-12-5-13-31-48)59-58-52(42-62-61(59)65)51-34-14-18-38-56(51)66-58;1-64-53-36-16-15-35-52(53)63-60(64)43-22-20-32-49(40-43)67(45-24-6-2-7-25-45,46-26-8-3-9-27-46)50-33-21-23-44(41-50)65-54-37-17-19-39-57(54)68(47-28-10-4-11-29-47,48-30-12-5-13-31-48)59-58-51-34-14-18-38-55(51)66-56(58)42-62-61(59)65;;/h2*2-39,42H,1H3;;/q2*-2;2*+2. The van der Waals surface area contributed by atoms with Crippen molar-refractivity contribution in [1.29, 1.82) is 0 Å². The molecule has 0 fully saturated rings. The van der Waals surface area contributed by atoms with E-state index in [0.717, 1.165) is 100.0 Å². The predicted octanol–water partition coefficient (Wildman–Crippen LogP) is 18.3. The van der Waals surface area contributed by atoms with Gasteiger partial charge in [-0.25, -0.2) is 9.97 Å². The second kappa shape index (κ2) is 36.2. The van der Waals surface area contributed by atoms with Crippen LogP contribution in [0.25, 0.3) is 85.2 Å². The Morgan fingerprint density at radius 3 is 1.04 bits per heavy atom. The SMILES string of the molecule is Cn1c(-c2[c-]c([Si](c3[c-]c(N4c5ccccc5[Si](c5ccccc5)(c5ccccc5)c5c4ncc4c5sc5ccccc54)ccc3)(c3ccccc3)c3ccccc3)ccc2)nc2ccccc21.Cn1c(-c2[c-]c([Si](c3[c-]c(N4c5ccccc5[Si](c5ccccc5)(c5ccccc5)c5c4ncc4sc6ccccc6c54)ccc3)(c3ccccc3)c3ccccc3)ccc2)nc2ccccc21.[Pd+2].[Pd+2]. The van der Waals surface area contributed by atoms with Gasteiger partial charge in [-0.3, -0.25) is 9.97 Å². The third-order valence-corrected chi connectivity index (χ3v) is 49.4. The molecule has 8 nitrogen and oxygen atoms in total. The number of nitrogens with zero attached hydrogens (tertiary/aromatic N) is 8. The first-order valence-corrected chi connectivity index (χ1v) is 55.7. The molecule has 0 unspecified atom stereocenters. The molecule has 0 saturated heterocycles. The molecule has 2 aliphatic rings.